The summed E-state index contributed by atoms with van der Waals surface area (Å²) in [7, 11) is 1.48. The van der Waals surface area contributed by atoms with Crippen LogP contribution in [0.1, 0.15) is 50.4 Å². The van der Waals surface area contributed by atoms with Crippen LogP contribution in [0.25, 0.3) is 0 Å². The number of nitrogens with two attached hydrogens (primary N) is 1. The number of primary amides is 1. The molecule has 0 spiro atoms. The van der Waals surface area contributed by atoms with Crippen LogP contribution < -0.4 is 15.8 Å². The van der Waals surface area contributed by atoms with E-state index in [1.54, 1.807) is 18.2 Å². The predicted molar refractivity (Wildman–Crippen MR) is 96.8 cm³/mol. The molecule has 6 nitrogen and oxygen atoms in total. The maximum atomic E-state index is 12.8. The van der Waals surface area contributed by atoms with Crippen molar-refractivity contribution in [1.29, 1.82) is 0 Å². The number of carbonyl (C=O) groups excluding carboxylic acids is 2. The minimum atomic E-state index is -0.584. The van der Waals surface area contributed by atoms with Crippen molar-refractivity contribution in [3.05, 3.63) is 23.8 Å². The van der Waals surface area contributed by atoms with Gasteiger partial charge in [-0.05, 0) is 48.3 Å². The Kier molecular flexibility index (Phi) is 4.17. The number of carbonyl (C=O) groups is 2. The molecular formula is C19H27N3O3. The monoisotopic (exact) mass is 345 g/mol. The SMILES string of the molecule is COc1ccc(NC(=O)N2C[C@]3(C)C[C@H]2CC(C)(C)C3)cc1C(N)=O. The van der Waals surface area contributed by atoms with Crippen LogP contribution in [0.2, 0.25) is 0 Å². The zero-order valence-electron chi connectivity index (χ0n) is 15.4. The van der Waals surface area contributed by atoms with E-state index >= 15 is 0 Å². The largest absolute Gasteiger partial charge is 0.496 e. The second kappa shape index (κ2) is 5.93. The molecule has 1 aliphatic carbocycles. The predicted octanol–water partition coefficient (Wildman–Crippen LogP) is 3.23. The molecule has 3 N–H and O–H groups in total. The number of nitrogens with one attached hydrogen (secondary N) is 1. The fraction of sp³-hybridized carbons (Fsp3) is 0.579. The first-order valence-electron chi connectivity index (χ1n) is 8.68. The lowest BCUT2D eigenvalue weighted by atomic mass is 9.65. The molecule has 1 aromatic carbocycles. The van der Waals surface area contributed by atoms with Gasteiger partial charge in [-0.1, -0.05) is 20.8 Å². The van der Waals surface area contributed by atoms with Gasteiger partial charge in [0.15, 0.2) is 0 Å². The van der Waals surface area contributed by atoms with Gasteiger partial charge in [-0.2, -0.15) is 0 Å². The smallest absolute Gasteiger partial charge is 0.322 e. The average molecular weight is 345 g/mol. The second-order valence-electron chi connectivity index (χ2n) is 8.55. The summed E-state index contributed by atoms with van der Waals surface area (Å²) >= 11 is 0. The van der Waals surface area contributed by atoms with E-state index in [0.29, 0.717) is 11.4 Å². The summed E-state index contributed by atoms with van der Waals surface area (Å²) in [5.74, 6) is -0.184. The molecule has 2 atom stereocenters. The van der Waals surface area contributed by atoms with Gasteiger partial charge in [0.1, 0.15) is 5.75 Å². The molecule has 1 aromatic rings. The highest BCUT2D eigenvalue weighted by Crippen LogP contribution is 2.52. The summed E-state index contributed by atoms with van der Waals surface area (Å²) in [4.78, 5) is 26.3. The Morgan fingerprint density at radius 2 is 2.00 bits per heavy atom. The van der Waals surface area contributed by atoms with Crippen LogP contribution in [0.15, 0.2) is 18.2 Å². The summed E-state index contributed by atoms with van der Waals surface area (Å²) in [6.45, 7) is 7.60. The first-order valence-corrected chi connectivity index (χ1v) is 8.68. The van der Waals surface area contributed by atoms with Gasteiger partial charge < -0.3 is 20.7 Å². The minimum Gasteiger partial charge on any atom is -0.496 e. The maximum Gasteiger partial charge on any atom is 0.322 e. The summed E-state index contributed by atoms with van der Waals surface area (Å²) in [6, 6.07) is 5.07. The highest BCUT2D eigenvalue weighted by Gasteiger charge is 2.51. The number of fused-ring (bicyclic) bond motifs is 2. The molecule has 1 saturated carbocycles. The van der Waals surface area contributed by atoms with Gasteiger partial charge in [-0.15, -0.1) is 0 Å². The molecule has 3 amide bonds. The van der Waals surface area contributed by atoms with Crippen molar-refractivity contribution < 1.29 is 14.3 Å². The van der Waals surface area contributed by atoms with Crippen molar-refractivity contribution in [2.45, 2.75) is 46.1 Å². The molecule has 1 saturated heterocycles. The number of hydrogen-bond donors (Lipinski definition) is 2. The molecule has 1 aliphatic heterocycles. The van der Waals surface area contributed by atoms with Crippen molar-refractivity contribution in [3.8, 4) is 5.75 Å². The van der Waals surface area contributed by atoms with E-state index in [1.807, 2.05) is 4.90 Å². The normalized spacial score (nSPS) is 27.0. The lowest BCUT2D eigenvalue weighted by Gasteiger charge is -2.39. The van der Waals surface area contributed by atoms with E-state index < -0.39 is 5.91 Å². The third kappa shape index (κ3) is 3.43. The maximum absolute atomic E-state index is 12.8. The van der Waals surface area contributed by atoms with Crippen LogP contribution in [0.5, 0.6) is 5.75 Å². The minimum absolute atomic E-state index is 0.119. The van der Waals surface area contributed by atoms with Crippen molar-refractivity contribution in [2.75, 3.05) is 19.0 Å². The van der Waals surface area contributed by atoms with E-state index in [2.05, 4.69) is 26.1 Å². The number of benzene rings is 1. The number of ether oxygens (including phenoxy) is 1. The molecule has 1 heterocycles. The standard InChI is InChI=1S/C19H27N3O3/c1-18(2)8-13-9-19(3,10-18)11-22(13)17(24)21-12-5-6-15(25-4)14(7-12)16(20)23/h5-7,13H,8-11H2,1-4H3,(H2,20,23)(H,21,24)/t13-,19-/m1/s1. The Bertz CT molecular complexity index is 716. The number of nitrogens with zero attached hydrogens (tertiary/aromatic N) is 1. The number of methoxy groups -OCH3 is 1. The number of hydrogen-bond acceptors (Lipinski definition) is 3. The zero-order chi connectivity index (χ0) is 18.4. The fourth-order valence-electron chi connectivity index (χ4n) is 4.87. The fourth-order valence-corrected chi connectivity index (χ4v) is 4.87. The molecule has 0 unspecified atom stereocenters. The van der Waals surface area contributed by atoms with Gasteiger partial charge >= 0.3 is 6.03 Å². The molecule has 2 aliphatic rings. The van der Waals surface area contributed by atoms with Gasteiger partial charge in [0, 0.05) is 18.3 Å². The Labute approximate surface area is 148 Å². The number of amides is 3. The van der Waals surface area contributed by atoms with E-state index in [4.69, 9.17) is 10.5 Å². The Morgan fingerprint density at radius 1 is 1.28 bits per heavy atom. The molecule has 0 radical (unpaired) electrons. The number of rotatable bonds is 3. The Morgan fingerprint density at radius 3 is 2.64 bits per heavy atom. The number of urea groups is 1. The van der Waals surface area contributed by atoms with E-state index in [0.717, 1.165) is 25.8 Å². The third-order valence-corrected chi connectivity index (χ3v) is 5.39. The van der Waals surface area contributed by atoms with Crippen molar-refractivity contribution in [2.24, 2.45) is 16.6 Å². The van der Waals surface area contributed by atoms with Crippen molar-refractivity contribution >= 4 is 17.6 Å². The van der Waals surface area contributed by atoms with Gasteiger partial charge in [-0.3, -0.25) is 4.79 Å². The summed E-state index contributed by atoms with van der Waals surface area (Å²) in [5.41, 5.74) is 6.63. The molecular weight excluding hydrogens is 318 g/mol. The molecule has 0 aromatic heterocycles. The van der Waals surface area contributed by atoms with E-state index in [-0.39, 0.29) is 28.5 Å². The first-order chi connectivity index (χ1) is 11.6. The summed E-state index contributed by atoms with van der Waals surface area (Å²) in [6.07, 6.45) is 3.21. The second-order valence-corrected chi connectivity index (χ2v) is 8.55. The Balaban J connectivity index is 1.77. The van der Waals surface area contributed by atoms with Crippen LogP contribution in [0, 0.1) is 10.8 Å². The average Bonchev–Trinajstić information content (AvgIpc) is 2.76. The third-order valence-electron chi connectivity index (χ3n) is 5.39. The topological polar surface area (TPSA) is 84.7 Å². The molecule has 2 fully saturated rings. The number of likely N-dealkylation sites (tertiary alicyclic amines) is 1. The highest BCUT2D eigenvalue weighted by atomic mass is 16.5. The molecule has 25 heavy (non-hydrogen) atoms. The van der Waals surface area contributed by atoms with Crippen LogP contribution in [0.4, 0.5) is 10.5 Å². The van der Waals surface area contributed by atoms with E-state index in [1.165, 1.54) is 7.11 Å². The van der Waals surface area contributed by atoms with Gasteiger partial charge in [0.2, 0.25) is 0 Å². The van der Waals surface area contributed by atoms with Crippen molar-refractivity contribution in [3.63, 3.8) is 0 Å². The molecule has 136 valence electrons. The van der Waals surface area contributed by atoms with Crippen LogP contribution in [-0.2, 0) is 0 Å². The molecule has 6 heteroatoms. The Hall–Kier alpha value is -2.24. The van der Waals surface area contributed by atoms with Crippen LogP contribution >= 0.6 is 0 Å². The summed E-state index contributed by atoms with van der Waals surface area (Å²) < 4.78 is 5.14. The lowest BCUT2D eigenvalue weighted by Crippen LogP contribution is -2.40. The van der Waals surface area contributed by atoms with Gasteiger partial charge in [-0.25, -0.2) is 4.79 Å². The van der Waals surface area contributed by atoms with E-state index in [9.17, 15) is 9.59 Å². The lowest BCUT2D eigenvalue weighted by molar-refractivity contribution is 0.0997. The zero-order valence-corrected chi connectivity index (χ0v) is 15.4. The highest BCUT2D eigenvalue weighted by molar-refractivity contribution is 5.98. The van der Waals surface area contributed by atoms with Gasteiger partial charge in [0.05, 0.1) is 12.7 Å². The van der Waals surface area contributed by atoms with Crippen LogP contribution in [-0.4, -0.2) is 36.5 Å². The van der Waals surface area contributed by atoms with Gasteiger partial charge in [0.25, 0.3) is 5.91 Å². The first kappa shape index (κ1) is 17.6. The summed E-state index contributed by atoms with van der Waals surface area (Å²) in [5, 5.41) is 2.91. The quantitative estimate of drug-likeness (QED) is 0.882. The van der Waals surface area contributed by atoms with Crippen molar-refractivity contribution in [1.82, 2.24) is 4.90 Å². The molecule has 3 rings (SSSR count). The molecule has 2 bridgehead atoms. The van der Waals surface area contributed by atoms with Crippen LogP contribution in [0.3, 0.4) is 0 Å². The number of anilines is 1.